The number of hydrogen-bond donors (Lipinski definition) is 3. The summed E-state index contributed by atoms with van der Waals surface area (Å²) in [5.74, 6) is -1.32. The van der Waals surface area contributed by atoms with Crippen molar-refractivity contribution in [1.29, 1.82) is 0 Å². The summed E-state index contributed by atoms with van der Waals surface area (Å²) in [6.07, 6.45) is -5.08. The first-order valence-corrected chi connectivity index (χ1v) is 13.7. The molecular formula is C24H32FN4O10P. The van der Waals surface area contributed by atoms with Gasteiger partial charge in [0.05, 0.1) is 6.61 Å². The number of aliphatic hydroxyl groups excluding tert-OH is 1. The molecular weight excluding hydrogens is 554 g/mol. The van der Waals surface area contributed by atoms with Crippen LogP contribution in [-0.2, 0) is 28.2 Å². The second-order valence-corrected chi connectivity index (χ2v) is 11.2. The van der Waals surface area contributed by atoms with E-state index in [4.69, 9.17) is 18.5 Å². The smallest absolute Gasteiger partial charge is 0.451 e. The highest BCUT2D eigenvalue weighted by atomic mass is 31.2. The molecule has 1 unspecified atom stereocenters. The Bertz CT molecular complexity index is 1370. The maximum absolute atomic E-state index is 15.5. The van der Waals surface area contributed by atoms with Crippen LogP contribution < -0.4 is 20.9 Å². The largest absolute Gasteiger partial charge is 0.459 e. The Hall–Kier alpha value is -3.36. The van der Waals surface area contributed by atoms with Crippen molar-refractivity contribution < 1.29 is 42.2 Å². The minimum absolute atomic E-state index is 0.0935. The second-order valence-electron chi connectivity index (χ2n) is 9.50. The summed E-state index contributed by atoms with van der Waals surface area (Å²) in [4.78, 5) is 51.4. The molecule has 2 aromatic rings. The summed E-state index contributed by atoms with van der Waals surface area (Å²) in [7, 11) is -1.46. The highest BCUT2D eigenvalue weighted by Crippen LogP contribution is 2.47. The van der Waals surface area contributed by atoms with Crippen molar-refractivity contribution in [2.24, 2.45) is 0 Å². The van der Waals surface area contributed by atoms with Crippen molar-refractivity contribution in [3.8, 4) is 5.75 Å². The molecule has 14 nitrogen and oxygen atoms in total. The normalized spacial score (nSPS) is 25.4. The van der Waals surface area contributed by atoms with E-state index in [1.807, 2.05) is 4.98 Å². The topological polar surface area (TPSA) is 178 Å². The minimum atomic E-state index is -4.44. The average Bonchev–Trinajstić information content (AvgIpc) is 3.10. The van der Waals surface area contributed by atoms with Crippen LogP contribution in [0.1, 0.15) is 27.0 Å². The van der Waals surface area contributed by atoms with Crippen molar-refractivity contribution in [3.05, 3.63) is 63.4 Å². The van der Waals surface area contributed by atoms with Crippen LogP contribution in [0.25, 0.3) is 0 Å². The molecule has 0 bridgehead atoms. The maximum Gasteiger partial charge on any atom is 0.459 e. The number of carbonyl (C=O) groups excluding carboxylic acids is 2. The van der Waals surface area contributed by atoms with Crippen molar-refractivity contribution in [3.63, 3.8) is 0 Å². The molecule has 16 heteroatoms. The monoisotopic (exact) mass is 586 g/mol. The van der Waals surface area contributed by atoms with Gasteiger partial charge in [-0.25, -0.2) is 13.8 Å². The highest BCUT2D eigenvalue weighted by Gasteiger charge is 2.56. The van der Waals surface area contributed by atoms with Gasteiger partial charge in [0.15, 0.2) is 18.0 Å². The Morgan fingerprint density at radius 1 is 1.25 bits per heavy atom. The van der Waals surface area contributed by atoms with Crippen LogP contribution >= 0.6 is 7.75 Å². The Labute approximate surface area is 228 Å². The minimum Gasteiger partial charge on any atom is -0.451 e. The molecule has 1 aromatic heterocycles. The standard InChI is InChI=1S/C24H32FN4O10P/c1-14(21(33)37-15(2)20(32)28(4)5)27-40(35,39-16-9-7-6-8-10-16)36-13-17-19(31)24(3,25)22(38-17)29-12-11-18(30)26-23(29)34/h6-12,14-15,17,19,22,31H,13H2,1-5H3,(H,27,35)(H,26,30,34)/t14-,15-,17+,19+,22+,24+,40?/m0/s1. The summed E-state index contributed by atoms with van der Waals surface area (Å²) in [5.41, 5.74) is -4.21. The van der Waals surface area contributed by atoms with E-state index in [-0.39, 0.29) is 5.75 Å². The number of para-hydroxylation sites is 1. The van der Waals surface area contributed by atoms with E-state index in [1.165, 1.54) is 45.0 Å². The molecule has 1 aliphatic heterocycles. The number of halogens is 1. The van der Waals surface area contributed by atoms with Gasteiger partial charge in [0.1, 0.15) is 24.0 Å². The predicted octanol–water partition coefficient (Wildman–Crippen LogP) is 0.725. The van der Waals surface area contributed by atoms with Gasteiger partial charge in [-0.15, -0.1) is 0 Å². The van der Waals surface area contributed by atoms with E-state index in [2.05, 4.69) is 5.09 Å². The molecule has 0 spiro atoms. The molecule has 3 rings (SSSR count). The number of rotatable bonds is 11. The van der Waals surface area contributed by atoms with Gasteiger partial charge in [-0.2, -0.15) is 5.09 Å². The van der Waals surface area contributed by atoms with Gasteiger partial charge in [0, 0.05) is 26.4 Å². The molecule has 1 aliphatic rings. The molecule has 1 amide bonds. The van der Waals surface area contributed by atoms with Gasteiger partial charge < -0.3 is 24.0 Å². The first-order valence-electron chi connectivity index (χ1n) is 12.2. The molecule has 3 N–H and O–H groups in total. The zero-order valence-electron chi connectivity index (χ0n) is 22.5. The van der Waals surface area contributed by atoms with E-state index < -0.39 is 73.7 Å². The number of esters is 1. The fourth-order valence-electron chi connectivity index (χ4n) is 3.82. The predicted molar refractivity (Wildman–Crippen MR) is 138 cm³/mol. The number of aromatic nitrogens is 2. The van der Waals surface area contributed by atoms with Gasteiger partial charge in [0.2, 0.25) is 0 Å². The molecule has 0 radical (unpaired) electrons. The van der Waals surface area contributed by atoms with E-state index in [1.54, 1.807) is 18.2 Å². The Morgan fingerprint density at radius 2 is 1.90 bits per heavy atom. The Balaban J connectivity index is 1.78. The van der Waals surface area contributed by atoms with Crippen LogP contribution in [0.4, 0.5) is 4.39 Å². The number of hydrogen-bond acceptors (Lipinski definition) is 10. The average molecular weight is 587 g/mol. The van der Waals surface area contributed by atoms with Crippen molar-refractivity contribution >= 4 is 19.6 Å². The molecule has 1 aromatic carbocycles. The fourth-order valence-corrected chi connectivity index (χ4v) is 5.33. The third-order valence-electron chi connectivity index (χ3n) is 5.99. The Kier molecular flexibility index (Phi) is 9.69. The van der Waals surface area contributed by atoms with Crippen LogP contribution in [-0.4, -0.2) is 82.2 Å². The third-order valence-corrected chi connectivity index (χ3v) is 7.63. The van der Waals surface area contributed by atoms with Crippen LogP contribution in [0.5, 0.6) is 5.75 Å². The molecule has 0 saturated carbocycles. The molecule has 2 heterocycles. The maximum atomic E-state index is 15.5. The molecule has 1 saturated heterocycles. The summed E-state index contributed by atoms with van der Waals surface area (Å²) in [5, 5.41) is 13.0. The zero-order valence-corrected chi connectivity index (χ0v) is 23.4. The molecule has 40 heavy (non-hydrogen) atoms. The molecule has 220 valence electrons. The second kappa shape index (κ2) is 12.4. The lowest BCUT2D eigenvalue weighted by Crippen LogP contribution is -2.44. The van der Waals surface area contributed by atoms with Crippen LogP contribution in [0.2, 0.25) is 0 Å². The number of nitrogens with one attached hydrogen (secondary N) is 2. The number of nitrogens with zero attached hydrogens (tertiary/aromatic N) is 2. The number of alkyl halides is 1. The molecule has 7 atom stereocenters. The third kappa shape index (κ3) is 7.23. The van der Waals surface area contributed by atoms with Gasteiger partial charge >= 0.3 is 19.4 Å². The molecule has 1 fully saturated rings. The number of likely N-dealkylation sites (N-methyl/N-ethyl adjacent to an activating group) is 1. The number of H-pyrrole nitrogens is 1. The van der Waals surface area contributed by atoms with E-state index >= 15 is 4.39 Å². The summed E-state index contributed by atoms with van der Waals surface area (Å²) in [6, 6.07) is 7.48. The lowest BCUT2D eigenvalue weighted by atomic mass is 9.98. The number of ether oxygens (including phenoxy) is 2. The summed E-state index contributed by atoms with van der Waals surface area (Å²) < 4.78 is 51.7. The van der Waals surface area contributed by atoms with Crippen LogP contribution in [0.3, 0.4) is 0 Å². The van der Waals surface area contributed by atoms with Crippen molar-refractivity contribution in [2.45, 2.75) is 57.0 Å². The first-order chi connectivity index (χ1) is 18.6. The highest BCUT2D eigenvalue weighted by molar-refractivity contribution is 7.52. The summed E-state index contributed by atoms with van der Waals surface area (Å²) in [6.45, 7) is 2.97. The first kappa shape index (κ1) is 31.2. The van der Waals surface area contributed by atoms with Crippen LogP contribution in [0.15, 0.2) is 52.2 Å². The molecule has 0 aliphatic carbocycles. The fraction of sp³-hybridized carbons (Fsp3) is 0.500. The lowest BCUT2D eigenvalue weighted by molar-refractivity contribution is -0.159. The van der Waals surface area contributed by atoms with E-state index in [9.17, 15) is 28.8 Å². The van der Waals surface area contributed by atoms with Crippen molar-refractivity contribution in [1.82, 2.24) is 19.5 Å². The van der Waals surface area contributed by atoms with Gasteiger partial charge in [-0.3, -0.25) is 28.5 Å². The lowest BCUT2D eigenvalue weighted by Gasteiger charge is -2.26. The number of benzene rings is 1. The Morgan fingerprint density at radius 3 is 2.50 bits per heavy atom. The number of aromatic amines is 1. The van der Waals surface area contributed by atoms with E-state index in [0.717, 1.165) is 23.8 Å². The van der Waals surface area contributed by atoms with Gasteiger partial charge in [-0.1, -0.05) is 18.2 Å². The van der Waals surface area contributed by atoms with Crippen molar-refractivity contribution in [2.75, 3.05) is 20.7 Å². The SMILES string of the molecule is C[C@H](NP(=O)(OC[C@H]1O[C@@H](n2ccc(=O)[nH]c2=O)[C@](C)(F)[C@@H]1O)Oc1ccccc1)C(=O)O[C@@H](C)C(=O)N(C)C. The van der Waals surface area contributed by atoms with Gasteiger partial charge in [-0.05, 0) is 32.9 Å². The number of amides is 1. The number of aliphatic hydroxyl groups is 1. The summed E-state index contributed by atoms with van der Waals surface area (Å²) >= 11 is 0. The zero-order chi connectivity index (χ0) is 29.8. The number of carbonyl (C=O) groups is 2. The quantitative estimate of drug-likeness (QED) is 0.250. The van der Waals surface area contributed by atoms with Crippen LogP contribution in [0, 0.1) is 0 Å². The van der Waals surface area contributed by atoms with E-state index in [0.29, 0.717) is 0 Å². The van der Waals surface area contributed by atoms with Gasteiger partial charge in [0.25, 0.3) is 11.5 Å².